The third-order valence-corrected chi connectivity index (χ3v) is 5.08. The van der Waals surface area contributed by atoms with Gasteiger partial charge in [0.05, 0.1) is 26.4 Å². The summed E-state index contributed by atoms with van der Waals surface area (Å²) in [6.07, 6.45) is 20.5. The number of unbranched alkanes of at least 4 members (excludes halogenated alkanes) is 15. The van der Waals surface area contributed by atoms with Gasteiger partial charge in [0.25, 0.3) is 0 Å². The summed E-state index contributed by atoms with van der Waals surface area (Å²) in [7, 11) is -4.24. The van der Waals surface area contributed by atoms with Gasteiger partial charge in [-0.3, -0.25) is 4.55 Å². The summed E-state index contributed by atoms with van der Waals surface area (Å²) in [6.45, 7) is 3.77. The van der Waals surface area contributed by atoms with E-state index in [1.54, 1.807) is 0 Å². The van der Waals surface area contributed by atoms with Gasteiger partial charge in [-0.25, -0.2) is 4.18 Å². The average molecular weight is 534 g/mol. The van der Waals surface area contributed by atoms with Crippen molar-refractivity contribution in [3.8, 4) is 0 Å². The summed E-state index contributed by atoms with van der Waals surface area (Å²) in [5.74, 6) is 0. The summed E-state index contributed by atoms with van der Waals surface area (Å²) in [4.78, 5) is 0. The molecule has 0 heterocycles. The minimum absolute atomic E-state index is 0.0945. The minimum atomic E-state index is -4.24. The largest absolute Gasteiger partial charge is 0.397 e. The smallest absolute Gasteiger partial charge is 0.395 e. The average Bonchev–Trinajstić information content (AvgIpc) is 2.85. The van der Waals surface area contributed by atoms with Crippen molar-refractivity contribution < 1.29 is 32.5 Å². The van der Waals surface area contributed by atoms with E-state index in [9.17, 15) is 8.42 Å². The molecule has 0 aromatic heterocycles. The Morgan fingerprint density at radius 1 is 0.543 bits per heavy atom. The predicted molar refractivity (Wildman–Crippen MR) is 145 cm³/mol. The van der Waals surface area contributed by atoms with Gasteiger partial charge in [0.1, 0.15) is 0 Å². The molecular formula is C24H59N3O7S. The summed E-state index contributed by atoms with van der Waals surface area (Å²) in [5, 5.41) is 23.2. The van der Waals surface area contributed by atoms with Crippen molar-refractivity contribution in [1.82, 2.24) is 0 Å². The van der Waals surface area contributed by atoms with Gasteiger partial charge in [-0.05, 0) is 6.42 Å². The molecular weight excluding hydrogens is 474 g/mol. The fourth-order valence-electron chi connectivity index (χ4n) is 2.81. The van der Waals surface area contributed by atoms with Crippen molar-refractivity contribution in [2.75, 3.05) is 46.1 Å². The third-order valence-electron chi connectivity index (χ3n) is 4.62. The third kappa shape index (κ3) is 65.7. The molecule has 0 aliphatic carbocycles. The monoisotopic (exact) mass is 533 g/mol. The Bertz CT molecular complexity index is 416. The quantitative estimate of drug-likeness (QED) is 0.0848. The Balaban J connectivity index is -0.000000329. The maximum Gasteiger partial charge on any atom is 0.397 e. The molecule has 0 amide bonds. The van der Waals surface area contributed by atoms with E-state index >= 15 is 0 Å². The van der Waals surface area contributed by atoms with Crippen LogP contribution in [0.15, 0.2) is 0 Å². The van der Waals surface area contributed by atoms with Crippen LogP contribution in [-0.2, 0) is 14.6 Å². The van der Waals surface area contributed by atoms with Crippen LogP contribution in [0.3, 0.4) is 0 Å². The van der Waals surface area contributed by atoms with E-state index in [1.165, 1.54) is 83.5 Å². The zero-order chi connectivity index (χ0) is 27.5. The van der Waals surface area contributed by atoms with Gasteiger partial charge in [0.15, 0.2) is 0 Å². The molecule has 11 heteroatoms. The second kappa shape index (κ2) is 40.8. The molecule has 10 N–H and O–H groups in total. The van der Waals surface area contributed by atoms with Crippen molar-refractivity contribution in [3.05, 3.63) is 0 Å². The number of aliphatic hydroxyl groups excluding tert-OH is 3. The lowest BCUT2D eigenvalue weighted by Gasteiger charge is -2.03. The second-order valence-corrected chi connectivity index (χ2v) is 9.18. The van der Waals surface area contributed by atoms with Gasteiger partial charge < -0.3 is 32.5 Å². The van der Waals surface area contributed by atoms with Crippen LogP contribution in [0.4, 0.5) is 0 Å². The van der Waals surface area contributed by atoms with Crippen LogP contribution in [-0.4, -0.2) is 74.4 Å². The van der Waals surface area contributed by atoms with Gasteiger partial charge in [-0.15, -0.1) is 0 Å². The first kappa shape index (κ1) is 41.7. The number of aliphatic hydroxyl groups is 3. The lowest BCUT2D eigenvalue weighted by Crippen LogP contribution is -2.04. The molecule has 0 aliphatic heterocycles. The van der Waals surface area contributed by atoms with E-state index in [2.05, 4.69) is 11.1 Å². The van der Waals surface area contributed by atoms with E-state index in [0.717, 1.165) is 12.8 Å². The molecule has 0 aromatic rings. The van der Waals surface area contributed by atoms with E-state index < -0.39 is 10.4 Å². The summed E-state index contributed by atoms with van der Waals surface area (Å²) < 4.78 is 33.3. The molecule has 10 nitrogen and oxygen atoms in total. The number of nitrogens with two attached hydrogens (primary N) is 3. The van der Waals surface area contributed by atoms with E-state index in [-0.39, 0.29) is 26.4 Å². The normalized spacial score (nSPS) is 10.4. The maximum atomic E-state index is 10.3. The first-order valence-corrected chi connectivity index (χ1v) is 14.7. The van der Waals surface area contributed by atoms with E-state index in [4.69, 9.17) is 37.1 Å². The molecule has 0 rings (SSSR count). The Morgan fingerprint density at radius 3 is 0.971 bits per heavy atom. The molecule has 218 valence electrons. The zero-order valence-electron chi connectivity index (χ0n) is 22.4. The molecule has 0 spiro atoms. The molecule has 0 aromatic carbocycles. The van der Waals surface area contributed by atoms with Gasteiger partial charge in [0, 0.05) is 19.6 Å². The van der Waals surface area contributed by atoms with Crippen molar-refractivity contribution >= 4 is 10.4 Å². The Kier molecular flexibility index (Phi) is 48.6. The minimum Gasteiger partial charge on any atom is -0.395 e. The Hall–Kier alpha value is -0.370. The SMILES string of the molecule is CCCCCCCCCCCCCCCCCCOS(=O)(=O)O.NCCO.NCCO.NCCO. The summed E-state index contributed by atoms with van der Waals surface area (Å²) >= 11 is 0. The van der Waals surface area contributed by atoms with Crippen LogP contribution in [0.25, 0.3) is 0 Å². The van der Waals surface area contributed by atoms with Gasteiger partial charge in [-0.1, -0.05) is 103 Å². The Labute approximate surface area is 216 Å². The summed E-state index contributed by atoms with van der Waals surface area (Å²) in [6, 6.07) is 0. The van der Waals surface area contributed by atoms with Crippen LogP contribution in [0.5, 0.6) is 0 Å². The molecule has 0 fully saturated rings. The molecule has 0 saturated carbocycles. The number of hydrogen-bond donors (Lipinski definition) is 7. The van der Waals surface area contributed by atoms with Crippen LogP contribution in [0.2, 0.25) is 0 Å². The predicted octanol–water partition coefficient (Wildman–Crippen LogP) is 2.88. The van der Waals surface area contributed by atoms with E-state index in [1.807, 2.05) is 0 Å². The van der Waals surface area contributed by atoms with Gasteiger partial charge in [-0.2, -0.15) is 8.42 Å². The maximum absolute atomic E-state index is 10.3. The van der Waals surface area contributed by atoms with Crippen molar-refractivity contribution in [1.29, 1.82) is 0 Å². The molecule has 0 unspecified atom stereocenters. The van der Waals surface area contributed by atoms with Gasteiger partial charge in [0.2, 0.25) is 0 Å². The first-order valence-electron chi connectivity index (χ1n) is 13.4. The molecule has 35 heavy (non-hydrogen) atoms. The molecule has 0 bridgehead atoms. The first-order chi connectivity index (χ1) is 16.8. The number of hydrogen-bond acceptors (Lipinski definition) is 9. The fourth-order valence-corrected chi connectivity index (χ4v) is 3.14. The molecule has 0 radical (unpaired) electrons. The topological polar surface area (TPSA) is 202 Å². The van der Waals surface area contributed by atoms with E-state index in [0.29, 0.717) is 26.1 Å². The number of rotatable bonds is 21. The van der Waals surface area contributed by atoms with Crippen molar-refractivity contribution in [2.24, 2.45) is 17.2 Å². The summed E-state index contributed by atoms with van der Waals surface area (Å²) in [5.41, 5.74) is 14.3. The van der Waals surface area contributed by atoms with Crippen LogP contribution in [0, 0.1) is 0 Å². The van der Waals surface area contributed by atoms with Gasteiger partial charge >= 0.3 is 10.4 Å². The highest BCUT2D eigenvalue weighted by molar-refractivity contribution is 7.80. The highest BCUT2D eigenvalue weighted by atomic mass is 32.3. The Morgan fingerprint density at radius 2 is 0.771 bits per heavy atom. The van der Waals surface area contributed by atoms with Crippen molar-refractivity contribution in [2.45, 2.75) is 110 Å². The molecule has 0 saturated heterocycles. The van der Waals surface area contributed by atoms with Crippen LogP contribution >= 0.6 is 0 Å². The van der Waals surface area contributed by atoms with Crippen molar-refractivity contribution in [3.63, 3.8) is 0 Å². The van der Waals surface area contributed by atoms with Crippen LogP contribution in [0.1, 0.15) is 110 Å². The van der Waals surface area contributed by atoms with Crippen LogP contribution < -0.4 is 17.2 Å². The second-order valence-electron chi connectivity index (χ2n) is 8.09. The lowest BCUT2D eigenvalue weighted by atomic mass is 10.0. The molecule has 0 aliphatic rings. The highest BCUT2D eigenvalue weighted by Crippen LogP contribution is 2.13. The fraction of sp³-hybridized carbons (Fsp3) is 1.00. The highest BCUT2D eigenvalue weighted by Gasteiger charge is 2.02. The molecule has 0 atom stereocenters. The standard InChI is InChI=1S/C18H38O4S.3C2H7NO/c1-2-3-4-5-6-7-8-9-10-11-12-13-14-15-16-17-18-22-23(19,20)21;3*3-1-2-4/h2-18H2,1H3,(H,19,20,21);3*4H,1-3H2. The lowest BCUT2D eigenvalue weighted by molar-refractivity contribution is 0.261. The zero-order valence-corrected chi connectivity index (χ0v) is 23.2.